The summed E-state index contributed by atoms with van der Waals surface area (Å²) in [5.41, 5.74) is 0.556. The first kappa shape index (κ1) is 12.3. The summed E-state index contributed by atoms with van der Waals surface area (Å²) in [6.45, 7) is 0. The van der Waals surface area contributed by atoms with E-state index in [-0.39, 0.29) is 5.69 Å². The highest BCUT2D eigenvalue weighted by molar-refractivity contribution is 5.29. The molecule has 0 saturated carbocycles. The Kier molecular flexibility index (Phi) is 3.43. The van der Waals surface area contributed by atoms with Crippen molar-refractivity contribution in [3.63, 3.8) is 0 Å². The molecule has 0 fully saturated rings. The molecule has 1 atom stereocenters. The Morgan fingerprint density at radius 2 is 2.22 bits per heavy atom. The maximum absolute atomic E-state index is 11.4. The minimum absolute atomic E-state index is 0.214. The van der Waals surface area contributed by atoms with Crippen LogP contribution in [0, 0.1) is 0 Å². The van der Waals surface area contributed by atoms with Gasteiger partial charge in [0.1, 0.15) is 6.10 Å². The van der Waals surface area contributed by atoms with Crippen LogP contribution in [0.2, 0.25) is 0 Å². The Labute approximate surface area is 104 Å². The third kappa shape index (κ3) is 2.41. The van der Waals surface area contributed by atoms with Crippen LogP contribution in [-0.2, 0) is 13.5 Å². The van der Waals surface area contributed by atoms with Crippen molar-refractivity contribution in [1.29, 1.82) is 0 Å². The van der Waals surface area contributed by atoms with Crippen LogP contribution in [0.3, 0.4) is 0 Å². The molecular formula is C13H14N2O3. The lowest BCUT2D eigenvalue weighted by molar-refractivity contribution is 0.164. The molecule has 0 aliphatic heterocycles. The molecule has 0 radical (unpaired) electrons. The molecule has 5 nitrogen and oxygen atoms in total. The fraction of sp³-hybridized carbons (Fsp3) is 0.231. The quantitative estimate of drug-likeness (QED) is 0.838. The van der Waals surface area contributed by atoms with Crippen LogP contribution < -0.4 is 5.43 Å². The number of aliphatic hydroxyl groups is 1. The van der Waals surface area contributed by atoms with Crippen molar-refractivity contribution in [2.24, 2.45) is 7.05 Å². The van der Waals surface area contributed by atoms with E-state index in [0.29, 0.717) is 6.42 Å². The molecule has 0 bridgehead atoms. The summed E-state index contributed by atoms with van der Waals surface area (Å²) in [6, 6.07) is 4.86. The van der Waals surface area contributed by atoms with Crippen molar-refractivity contribution in [2.45, 2.75) is 12.5 Å². The van der Waals surface area contributed by atoms with Gasteiger partial charge in [0, 0.05) is 38.1 Å². The Morgan fingerprint density at radius 1 is 1.44 bits per heavy atom. The Morgan fingerprint density at radius 3 is 2.89 bits per heavy atom. The normalized spacial score (nSPS) is 12.3. The molecule has 0 aromatic carbocycles. The standard InChI is InChI=1S/C13H14N2O3/c1-15-6-4-10(16)13(18)12(15)11(17)7-9-3-2-5-14-8-9/h2-6,8,11,17-18H,7H2,1H3. The first-order valence-electron chi connectivity index (χ1n) is 5.55. The Balaban J connectivity index is 2.32. The van der Waals surface area contributed by atoms with E-state index >= 15 is 0 Å². The lowest BCUT2D eigenvalue weighted by Gasteiger charge is -2.16. The molecule has 94 valence electrons. The summed E-state index contributed by atoms with van der Waals surface area (Å²) in [7, 11) is 1.67. The smallest absolute Gasteiger partial charge is 0.223 e. The van der Waals surface area contributed by atoms with Crippen LogP contribution in [0.25, 0.3) is 0 Å². The summed E-state index contributed by atoms with van der Waals surface area (Å²) in [4.78, 5) is 15.3. The second kappa shape index (κ2) is 5.01. The predicted octanol–water partition coefficient (Wildman–Crippen LogP) is 0.762. The van der Waals surface area contributed by atoms with Gasteiger partial charge < -0.3 is 14.8 Å². The summed E-state index contributed by atoms with van der Waals surface area (Å²) >= 11 is 0. The van der Waals surface area contributed by atoms with Gasteiger partial charge in [0.15, 0.2) is 5.75 Å². The zero-order chi connectivity index (χ0) is 13.1. The number of aromatic nitrogens is 2. The number of nitrogens with zero attached hydrogens (tertiary/aromatic N) is 2. The summed E-state index contributed by atoms with van der Waals surface area (Å²) in [5, 5.41) is 19.8. The van der Waals surface area contributed by atoms with E-state index in [4.69, 9.17) is 0 Å². The van der Waals surface area contributed by atoms with Gasteiger partial charge in [-0.25, -0.2) is 0 Å². The zero-order valence-corrected chi connectivity index (χ0v) is 9.95. The molecule has 2 heterocycles. The fourth-order valence-corrected chi connectivity index (χ4v) is 1.86. The molecule has 2 N–H and O–H groups in total. The van der Waals surface area contributed by atoms with Gasteiger partial charge in [0.05, 0.1) is 5.69 Å². The Hall–Kier alpha value is -2.14. The molecule has 2 aromatic rings. The molecule has 0 aliphatic carbocycles. The van der Waals surface area contributed by atoms with Crippen LogP contribution >= 0.6 is 0 Å². The van der Waals surface area contributed by atoms with Crippen molar-refractivity contribution in [2.75, 3.05) is 0 Å². The van der Waals surface area contributed by atoms with E-state index in [0.717, 1.165) is 5.56 Å². The van der Waals surface area contributed by atoms with E-state index < -0.39 is 17.3 Å². The lowest BCUT2D eigenvalue weighted by Crippen LogP contribution is -2.15. The van der Waals surface area contributed by atoms with E-state index in [1.807, 2.05) is 6.07 Å². The van der Waals surface area contributed by atoms with Crippen LogP contribution in [0.15, 0.2) is 41.6 Å². The number of hydrogen-bond donors (Lipinski definition) is 2. The van der Waals surface area contributed by atoms with Gasteiger partial charge in [-0.3, -0.25) is 9.78 Å². The van der Waals surface area contributed by atoms with Crippen LogP contribution in [-0.4, -0.2) is 19.8 Å². The second-order valence-electron chi connectivity index (χ2n) is 4.11. The van der Waals surface area contributed by atoms with Crippen molar-refractivity contribution >= 4 is 0 Å². The number of aromatic hydroxyl groups is 1. The average molecular weight is 246 g/mol. The summed E-state index contributed by atoms with van der Waals surface area (Å²) < 4.78 is 1.54. The van der Waals surface area contributed by atoms with E-state index in [9.17, 15) is 15.0 Å². The molecule has 0 aliphatic rings. The van der Waals surface area contributed by atoms with E-state index in [1.165, 1.54) is 16.8 Å². The number of aryl methyl sites for hydroxylation is 1. The molecule has 1 unspecified atom stereocenters. The highest BCUT2D eigenvalue weighted by atomic mass is 16.3. The lowest BCUT2D eigenvalue weighted by atomic mass is 10.1. The SMILES string of the molecule is Cn1ccc(=O)c(O)c1C(O)Cc1cccnc1. The van der Waals surface area contributed by atoms with Crippen LogP contribution in [0.5, 0.6) is 5.75 Å². The van der Waals surface area contributed by atoms with Crippen molar-refractivity contribution in [3.8, 4) is 5.75 Å². The fourth-order valence-electron chi connectivity index (χ4n) is 1.86. The van der Waals surface area contributed by atoms with Crippen LogP contribution in [0.1, 0.15) is 17.4 Å². The third-order valence-corrected chi connectivity index (χ3v) is 2.77. The van der Waals surface area contributed by atoms with Gasteiger partial charge in [-0.2, -0.15) is 0 Å². The first-order valence-corrected chi connectivity index (χ1v) is 5.55. The van der Waals surface area contributed by atoms with Gasteiger partial charge in [0.25, 0.3) is 0 Å². The molecular weight excluding hydrogens is 232 g/mol. The summed E-state index contributed by atoms with van der Waals surface area (Å²) in [5.74, 6) is -0.406. The molecule has 2 rings (SSSR count). The number of rotatable bonds is 3. The molecule has 0 spiro atoms. The van der Waals surface area contributed by atoms with Gasteiger partial charge >= 0.3 is 0 Å². The largest absolute Gasteiger partial charge is 0.503 e. The summed E-state index contributed by atoms with van der Waals surface area (Å²) in [6.07, 6.45) is 4.14. The van der Waals surface area contributed by atoms with E-state index in [1.54, 1.807) is 25.5 Å². The minimum atomic E-state index is -0.951. The Bertz CT molecular complexity index is 593. The van der Waals surface area contributed by atoms with Crippen molar-refractivity contribution in [1.82, 2.24) is 9.55 Å². The molecule has 18 heavy (non-hydrogen) atoms. The van der Waals surface area contributed by atoms with Gasteiger partial charge in [-0.1, -0.05) is 6.07 Å². The molecule has 2 aromatic heterocycles. The minimum Gasteiger partial charge on any atom is -0.503 e. The zero-order valence-electron chi connectivity index (χ0n) is 9.95. The van der Waals surface area contributed by atoms with Gasteiger partial charge in [-0.15, -0.1) is 0 Å². The van der Waals surface area contributed by atoms with Crippen LogP contribution in [0.4, 0.5) is 0 Å². The highest BCUT2D eigenvalue weighted by Gasteiger charge is 2.17. The number of aliphatic hydroxyl groups excluding tert-OH is 1. The maximum Gasteiger partial charge on any atom is 0.223 e. The number of hydrogen-bond acceptors (Lipinski definition) is 4. The van der Waals surface area contributed by atoms with Gasteiger partial charge in [-0.05, 0) is 11.6 Å². The highest BCUT2D eigenvalue weighted by Crippen LogP contribution is 2.22. The maximum atomic E-state index is 11.4. The third-order valence-electron chi connectivity index (χ3n) is 2.77. The monoisotopic (exact) mass is 246 g/mol. The van der Waals surface area contributed by atoms with Crippen molar-refractivity contribution < 1.29 is 10.2 Å². The van der Waals surface area contributed by atoms with Crippen molar-refractivity contribution in [3.05, 3.63) is 58.3 Å². The topological polar surface area (TPSA) is 75.4 Å². The second-order valence-corrected chi connectivity index (χ2v) is 4.11. The van der Waals surface area contributed by atoms with Gasteiger partial charge in [0.2, 0.25) is 5.43 Å². The first-order chi connectivity index (χ1) is 8.59. The van der Waals surface area contributed by atoms with E-state index in [2.05, 4.69) is 4.98 Å². The molecule has 5 heteroatoms. The molecule has 0 saturated heterocycles. The molecule has 0 amide bonds. The predicted molar refractivity (Wildman–Crippen MR) is 66.2 cm³/mol. The average Bonchev–Trinajstić information content (AvgIpc) is 2.36. The number of pyridine rings is 2.